The third-order valence-corrected chi connectivity index (χ3v) is 4.85. The van der Waals surface area contributed by atoms with E-state index in [1.807, 2.05) is 30.3 Å². The smallest absolute Gasteiger partial charge is 0.248 e. The van der Waals surface area contributed by atoms with Gasteiger partial charge in [0.2, 0.25) is 5.95 Å². The number of aromatic nitrogens is 4. The zero-order chi connectivity index (χ0) is 19.0. The molecule has 0 unspecified atom stereocenters. The van der Waals surface area contributed by atoms with Crippen LogP contribution in [0.25, 0.3) is 5.70 Å². The molecular weight excluding hydrogens is 389 g/mol. The van der Waals surface area contributed by atoms with Crippen molar-refractivity contribution in [1.82, 2.24) is 20.2 Å². The Morgan fingerprint density at radius 2 is 1.85 bits per heavy atom. The molecule has 1 N–H and O–H groups in total. The van der Waals surface area contributed by atoms with Crippen molar-refractivity contribution < 1.29 is 9.47 Å². The first-order valence-corrected chi connectivity index (χ1v) is 8.80. The van der Waals surface area contributed by atoms with E-state index in [9.17, 15) is 0 Å². The molecule has 9 heteroatoms. The minimum atomic E-state index is -0.252. The second-order valence-electron chi connectivity index (χ2n) is 5.84. The van der Waals surface area contributed by atoms with Crippen LogP contribution < -0.4 is 14.8 Å². The lowest BCUT2D eigenvalue weighted by atomic mass is 10.0. The zero-order valence-electron chi connectivity index (χ0n) is 14.5. The quantitative estimate of drug-likeness (QED) is 0.707. The summed E-state index contributed by atoms with van der Waals surface area (Å²) in [6, 6.07) is 10.8. The summed E-state index contributed by atoms with van der Waals surface area (Å²) < 4.78 is 12.4. The predicted octanol–water partition coefficient (Wildman–Crippen LogP) is 4.05. The molecule has 7 nitrogen and oxygen atoms in total. The minimum absolute atomic E-state index is 0.252. The molecule has 0 radical (unpaired) electrons. The van der Waals surface area contributed by atoms with Gasteiger partial charge in [0.15, 0.2) is 11.5 Å². The molecular formula is C18H15Cl2N5O2. The van der Waals surface area contributed by atoms with E-state index in [4.69, 9.17) is 32.7 Å². The molecule has 2 aromatic carbocycles. The fourth-order valence-corrected chi connectivity index (χ4v) is 3.50. The summed E-state index contributed by atoms with van der Waals surface area (Å²) in [7, 11) is 3.20. The lowest BCUT2D eigenvalue weighted by Crippen LogP contribution is -2.20. The summed E-state index contributed by atoms with van der Waals surface area (Å²) >= 11 is 12.4. The fourth-order valence-electron chi connectivity index (χ4n) is 2.99. The van der Waals surface area contributed by atoms with Gasteiger partial charge in [-0.05, 0) is 52.4 Å². The third-order valence-electron chi connectivity index (χ3n) is 4.30. The Hall–Kier alpha value is -2.77. The molecule has 138 valence electrons. The van der Waals surface area contributed by atoms with E-state index in [1.165, 1.54) is 0 Å². The molecule has 1 aliphatic rings. The Labute approximate surface area is 165 Å². The minimum Gasteiger partial charge on any atom is -0.493 e. The summed E-state index contributed by atoms with van der Waals surface area (Å²) in [6.07, 6.45) is 2.00. The zero-order valence-corrected chi connectivity index (χ0v) is 16.0. The molecule has 27 heavy (non-hydrogen) atoms. The van der Waals surface area contributed by atoms with Gasteiger partial charge in [-0.3, -0.25) is 0 Å². The summed E-state index contributed by atoms with van der Waals surface area (Å²) in [5.41, 5.74) is 2.53. The molecule has 0 spiro atoms. The molecule has 0 bridgehead atoms. The second kappa shape index (κ2) is 7.09. The van der Waals surface area contributed by atoms with Crippen molar-refractivity contribution in [2.75, 3.05) is 19.5 Å². The Balaban J connectivity index is 1.82. The molecule has 0 amide bonds. The van der Waals surface area contributed by atoms with Gasteiger partial charge in [-0.1, -0.05) is 34.4 Å². The summed E-state index contributed by atoms with van der Waals surface area (Å²) in [4.78, 5) is 0. The maximum atomic E-state index is 6.38. The average molecular weight is 404 g/mol. The van der Waals surface area contributed by atoms with Crippen molar-refractivity contribution in [2.45, 2.75) is 6.04 Å². The van der Waals surface area contributed by atoms with E-state index in [0.717, 1.165) is 16.8 Å². The van der Waals surface area contributed by atoms with E-state index in [2.05, 4.69) is 20.8 Å². The number of rotatable bonds is 4. The lowest BCUT2D eigenvalue weighted by Gasteiger charge is -2.24. The van der Waals surface area contributed by atoms with E-state index in [0.29, 0.717) is 27.5 Å². The van der Waals surface area contributed by atoms with E-state index < -0.39 is 0 Å². The van der Waals surface area contributed by atoms with Crippen LogP contribution in [0.15, 0.2) is 42.5 Å². The fraction of sp³-hybridized carbons (Fsp3) is 0.167. The second-order valence-corrected chi connectivity index (χ2v) is 6.68. The number of tetrazole rings is 1. The van der Waals surface area contributed by atoms with Gasteiger partial charge >= 0.3 is 0 Å². The van der Waals surface area contributed by atoms with Crippen LogP contribution in [0.3, 0.4) is 0 Å². The van der Waals surface area contributed by atoms with Crippen molar-refractivity contribution in [2.24, 2.45) is 0 Å². The number of hydrogen-bond acceptors (Lipinski definition) is 6. The summed E-state index contributed by atoms with van der Waals surface area (Å²) in [6.45, 7) is 0. The highest BCUT2D eigenvalue weighted by atomic mass is 35.5. The van der Waals surface area contributed by atoms with E-state index in [-0.39, 0.29) is 6.04 Å². The highest BCUT2D eigenvalue weighted by Gasteiger charge is 2.26. The van der Waals surface area contributed by atoms with E-state index >= 15 is 0 Å². The highest BCUT2D eigenvalue weighted by Crippen LogP contribution is 2.37. The predicted molar refractivity (Wildman–Crippen MR) is 104 cm³/mol. The Morgan fingerprint density at radius 3 is 2.59 bits per heavy atom. The van der Waals surface area contributed by atoms with E-state index in [1.54, 1.807) is 31.0 Å². The average Bonchev–Trinajstić information content (AvgIpc) is 3.15. The standard InChI is InChI=1S/C18H15Cl2N5O2/c1-26-16-6-3-10(7-17(16)27-2)15-9-14(21-18-22-23-24-25(15)18)12-5-4-11(19)8-13(12)20/h3-9,15H,1-2H3,(H,21,22,24)/t15-/m0/s1. The molecule has 0 aliphatic carbocycles. The van der Waals surface area contributed by atoms with Gasteiger partial charge < -0.3 is 14.8 Å². The van der Waals surface area contributed by atoms with Crippen molar-refractivity contribution in [3.8, 4) is 11.5 Å². The molecule has 1 atom stereocenters. The number of nitrogens with one attached hydrogen (secondary N) is 1. The number of allylic oxidation sites excluding steroid dienone is 1. The Kier molecular flexibility index (Phi) is 4.63. The van der Waals surface area contributed by atoms with Crippen LogP contribution in [0.1, 0.15) is 17.2 Å². The number of ether oxygens (including phenoxy) is 2. The van der Waals surface area contributed by atoms with Crippen LogP contribution in [0.5, 0.6) is 11.5 Å². The first-order valence-electron chi connectivity index (χ1n) is 8.04. The number of fused-ring (bicyclic) bond motifs is 1. The van der Waals surface area contributed by atoms with Gasteiger partial charge in [0, 0.05) is 16.3 Å². The summed E-state index contributed by atoms with van der Waals surface area (Å²) in [5.74, 6) is 1.79. The number of nitrogens with zero attached hydrogens (tertiary/aromatic N) is 4. The third kappa shape index (κ3) is 3.20. The van der Waals surface area contributed by atoms with Crippen molar-refractivity contribution in [3.05, 3.63) is 63.6 Å². The first kappa shape index (κ1) is 17.6. The molecule has 2 heterocycles. The van der Waals surface area contributed by atoms with Gasteiger partial charge in [-0.2, -0.15) is 4.68 Å². The van der Waals surface area contributed by atoms with Gasteiger partial charge in [0.1, 0.15) is 6.04 Å². The Morgan fingerprint density at radius 1 is 1.04 bits per heavy atom. The molecule has 0 saturated carbocycles. The molecule has 0 fully saturated rings. The molecule has 4 rings (SSSR count). The number of benzene rings is 2. The topological polar surface area (TPSA) is 74.1 Å². The Bertz CT molecular complexity index is 1030. The maximum Gasteiger partial charge on any atom is 0.248 e. The van der Waals surface area contributed by atoms with Crippen LogP contribution in [-0.4, -0.2) is 34.4 Å². The number of hydrogen-bond donors (Lipinski definition) is 1. The van der Waals surface area contributed by atoms with Crippen molar-refractivity contribution >= 4 is 34.8 Å². The normalized spacial score (nSPS) is 15.6. The summed E-state index contributed by atoms with van der Waals surface area (Å²) in [5, 5.41) is 16.2. The van der Waals surface area contributed by atoms with Crippen molar-refractivity contribution in [1.29, 1.82) is 0 Å². The highest BCUT2D eigenvalue weighted by molar-refractivity contribution is 6.35. The first-order chi connectivity index (χ1) is 13.1. The van der Waals surface area contributed by atoms with Gasteiger partial charge in [-0.25, -0.2) is 0 Å². The van der Waals surface area contributed by atoms with Gasteiger partial charge in [-0.15, -0.1) is 0 Å². The van der Waals surface area contributed by atoms with Gasteiger partial charge in [0.25, 0.3) is 0 Å². The number of methoxy groups -OCH3 is 2. The SMILES string of the molecule is COc1ccc([C@@H]2C=C(c3ccc(Cl)cc3Cl)Nc3nnnn32)cc1OC. The van der Waals surface area contributed by atoms with Crippen molar-refractivity contribution in [3.63, 3.8) is 0 Å². The van der Waals surface area contributed by atoms with Crippen LogP contribution in [0.4, 0.5) is 5.95 Å². The van der Waals surface area contributed by atoms with Crippen LogP contribution >= 0.6 is 23.2 Å². The largest absolute Gasteiger partial charge is 0.493 e. The number of halogens is 2. The maximum absolute atomic E-state index is 6.38. The number of anilines is 1. The monoisotopic (exact) mass is 403 g/mol. The lowest BCUT2D eigenvalue weighted by molar-refractivity contribution is 0.354. The van der Waals surface area contributed by atoms with Crippen LogP contribution in [0.2, 0.25) is 10.0 Å². The molecule has 1 aromatic heterocycles. The molecule has 0 saturated heterocycles. The van der Waals surface area contributed by atoms with Crippen LogP contribution in [0, 0.1) is 0 Å². The van der Waals surface area contributed by atoms with Gasteiger partial charge in [0.05, 0.1) is 19.2 Å². The molecule has 1 aliphatic heterocycles. The molecule has 3 aromatic rings. The van der Waals surface area contributed by atoms with Crippen LogP contribution in [-0.2, 0) is 0 Å².